The summed E-state index contributed by atoms with van der Waals surface area (Å²) in [6.07, 6.45) is 8.03. The molecule has 1 atom stereocenters. The first-order chi connectivity index (χ1) is 5.74. The molecule has 1 nitrogen and oxygen atoms in total. The van der Waals surface area contributed by atoms with E-state index >= 15 is 0 Å². The third-order valence-corrected chi connectivity index (χ3v) is 3.29. The molecule has 0 aromatic carbocycles. The van der Waals surface area contributed by atoms with Crippen LogP contribution in [0, 0.1) is 11.8 Å². The van der Waals surface area contributed by atoms with E-state index in [1.165, 1.54) is 38.5 Å². The zero-order valence-electron chi connectivity index (χ0n) is 8.55. The van der Waals surface area contributed by atoms with Gasteiger partial charge < -0.3 is 5.73 Å². The highest BCUT2D eigenvalue weighted by molar-refractivity contribution is 4.78. The second-order valence-electron chi connectivity index (χ2n) is 4.47. The first-order valence-corrected chi connectivity index (χ1v) is 5.49. The van der Waals surface area contributed by atoms with Gasteiger partial charge >= 0.3 is 0 Å². The molecule has 1 aliphatic carbocycles. The van der Waals surface area contributed by atoms with Crippen molar-refractivity contribution < 1.29 is 0 Å². The monoisotopic (exact) mass is 169 g/mol. The molecule has 0 aliphatic heterocycles. The summed E-state index contributed by atoms with van der Waals surface area (Å²) in [6, 6.07) is 0.488. The molecule has 2 N–H and O–H groups in total. The minimum atomic E-state index is 0.488. The molecule has 72 valence electrons. The minimum absolute atomic E-state index is 0.488. The molecule has 0 amide bonds. The SMILES string of the molecule is CCC[C@@H](N)C1CCC(C)CC1. The number of hydrogen-bond acceptors (Lipinski definition) is 1. The fourth-order valence-corrected chi connectivity index (χ4v) is 2.28. The van der Waals surface area contributed by atoms with E-state index in [1.807, 2.05) is 0 Å². The van der Waals surface area contributed by atoms with E-state index in [4.69, 9.17) is 5.73 Å². The normalized spacial score (nSPS) is 33.2. The molecule has 1 rings (SSSR count). The van der Waals surface area contributed by atoms with Gasteiger partial charge in [-0.15, -0.1) is 0 Å². The topological polar surface area (TPSA) is 26.0 Å². The summed E-state index contributed by atoms with van der Waals surface area (Å²) >= 11 is 0. The summed E-state index contributed by atoms with van der Waals surface area (Å²) in [5.74, 6) is 1.79. The van der Waals surface area contributed by atoms with E-state index < -0.39 is 0 Å². The molecule has 1 heteroatoms. The Balaban J connectivity index is 2.24. The van der Waals surface area contributed by atoms with Crippen LogP contribution in [0.2, 0.25) is 0 Å². The Bertz CT molecular complexity index is 114. The Morgan fingerprint density at radius 3 is 2.33 bits per heavy atom. The van der Waals surface area contributed by atoms with E-state index in [0.29, 0.717) is 6.04 Å². The molecule has 0 spiro atoms. The summed E-state index contributed by atoms with van der Waals surface area (Å²) in [4.78, 5) is 0. The molecule has 1 aliphatic rings. The van der Waals surface area contributed by atoms with E-state index in [0.717, 1.165) is 11.8 Å². The summed E-state index contributed by atoms with van der Waals surface area (Å²) in [6.45, 7) is 4.59. The predicted octanol–water partition coefficient (Wildman–Crippen LogP) is 2.94. The van der Waals surface area contributed by atoms with Crippen LogP contribution in [-0.2, 0) is 0 Å². The molecule has 0 radical (unpaired) electrons. The Morgan fingerprint density at radius 1 is 1.25 bits per heavy atom. The summed E-state index contributed by atoms with van der Waals surface area (Å²) in [5.41, 5.74) is 6.10. The van der Waals surface area contributed by atoms with Gasteiger partial charge in [-0.2, -0.15) is 0 Å². The maximum absolute atomic E-state index is 6.10. The molecular weight excluding hydrogens is 146 g/mol. The quantitative estimate of drug-likeness (QED) is 0.690. The number of rotatable bonds is 3. The Hall–Kier alpha value is -0.0400. The van der Waals surface area contributed by atoms with Crippen LogP contribution in [0.15, 0.2) is 0 Å². The van der Waals surface area contributed by atoms with Gasteiger partial charge in [0.05, 0.1) is 0 Å². The van der Waals surface area contributed by atoms with Crippen molar-refractivity contribution in [3.63, 3.8) is 0 Å². The number of hydrogen-bond donors (Lipinski definition) is 1. The van der Waals surface area contributed by atoms with E-state index in [2.05, 4.69) is 13.8 Å². The Labute approximate surface area is 76.7 Å². The van der Waals surface area contributed by atoms with Gasteiger partial charge in [0.25, 0.3) is 0 Å². The van der Waals surface area contributed by atoms with Gasteiger partial charge in [0.15, 0.2) is 0 Å². The van der Waals surface area contributed by atoms with Gasteiger partial charge in [-0.3, -0.25) is 0 Å². The summed E-state index contributed by atoms with van der Waals surface area (Å²) < 4.78 is 0. The average molecular weight is 169 g/mol. The highest BCUT2D eigenvalue weighted by Crippen LogP contribution is 2.30. The van der Waals surface area contributed by atoms with Crippen molar-refractivity contribution in [3.05, 3.63) is 0 Å². The molecule has 1 saturated carbocycles. The standard InChI is InChI=1S/C11H23N/c1-3-4-11(12)10-7-5-9(2)6-8-10/h9-11H,3-8,12H2,1-2H3/t9?,10?,11-/m1/s1. The van der Waals surface area contributed by atoms with E-state index in [9.17, 15) is 0 Å². The maximum atomic E-state index is 6.10. The molecule has 12 heavy (non-hydrogen) atoms. The van der Waals surface area contributed by atoms with Crippen molar-refractivity contribution in [1.29, 1.82) is 0 Å². The lowest BCUT2D eigenvalue weighted by atomic mass is 9.78. The second kappa shape index (κ2) is 4.86. The Kier molecular flexibility index (Phi) is 4.07. The lowest BCUT2D eigenvalue weighted by molar-refractivity contribution is 0.247. The fraction of sp³-hybridized carbons (Fsp3) is 1.00. The highest BCUT2D eigenvalue weighted by Gasteiger charge is 2.22. The molecular formula is C11H23N. The van der Waals surface area contributed by atoms with Gasteiger partial charge in [0.1, 0.15) is 0 Å². The second-order valence-corrected chi connectivity index (χ2v) is 4.47. The van der Waals surface area contributed by atoms with Crippen molar-refractivity contribution in [3.8, 4) is 0 Å². The molecule has 0 aromatic heterocycles. The molecule has 0 bridgehead atoms. The van der Waals surface area contributed by atoms with Crippen LogP contribution in [0.25, 0.3) is 0 Å². The summed E-state index contributed by atoms with van der Waals surface area (Å²) in [5, 5.41) is 0. The third kappa shape index (κ3) is 2.78. The molecule has 0 aromatic rings. The maximum Gasteiger partial charge on any atom is 0.00670 e. The van der Waals surface area contributed by atoms with E-state index in [-0.39, 0.29) is 0 Å². The van der Waals surface area contributed by atoms with Crippen molar-refractivity contribution in [2.45, 2.75) is 58.4 Å². The van der Waals surface area contributed by atoms with Crippen LogP contribution < -0.4 is 5.73 Å². The van der Waals surface area contributed by atoms with Crippen molar-refractivity contribution in [2.24, 2.45) is 17.6 Å². The van der Waals surface area contributed by atoms with Crippen molar-refractivity contribution in [1.82, 2.24) is 0 Å². The predicted molar refractivity (Wildman–Crippen MR) is 54.0 cm³/mol. The van der Waals surface area contributed by atoms with Crippen LogP contribution in [-0.4, -0.2) is 6.04 Å². The summed E-state index contributed by atoms with van der Waals surface area (Å²) in [7, 11) is 0. The zero-order valence-corrected chi connectivity index (χ0v) is 8.55. The van der Waals surface area contributed by atoms with Gasteiger partial charge in [-0.05, 0) is 31.1 Å². The van der Waals surface area contributed by atoms with Gasteiger partial charge in [-0.25, -0.2) is 0 Å². The van der Waals surface area contributed by atoms with Crippen LogP contribution >= 0.6 is 0 Å². The largest absolute Gasteiger partial charge is 0.327 e. The van der Waals surface area contributed by atoms with E-state index in [1.54, 1.807) is 0 Å². The Morgan fingerprint density at radius 2 is 1.83 bits per heavy atom. The van der Waals surface area contributed by atoms with Crippen LogP contribution in [0.3, 0.4) is 0 Å². The van der Waals surface area contributed by atoms with Crippen molar-refractivity contribution in [2.75, 3.05) is 0 Å². The van der Waals surface area contributed by atoms with Crippen LogP contribution in [0.5, 0.6) is 0 Å². The average Bonchev–Trinajstić information content (AvgIpc) is 2.06. The van der Waals surface area contributed by atoms with Gasteiger partial charge in [-0.1, -0.05) is 33.1 Å². The fourth-order valence-electron chi connectivity index (χ4n) is 2.28. The first-order valence-electron chi connectivity index (χ1n) is 5.49. The third-order valence-electron chi connectivity index (χ3n) is 3.29. The molecule has 0 saturated heterocycles. The van der Waals surface area contributed by atoms with Gasteiger partial charge in [0.2, 0.25) is 0 Å². The smallest absolute Gasteiger partial charge is 0.00670 e. The van der Waals surface area contributed by atoms with Crippen LogP contribution in [0.4, 0.5) is 0 Å². The lowest BCUT2D eigenvalue weighted by Crippen LogP contribution is -2.32. The lowest BCUT2D eigenvalue weighted by Gasteiger charge is -2.30. The number of nitrogens with two attached hydrogens (primary N) is 1. The van der Waals surface area contributed by atoms with Crippen LogP contribution in [0.1, 0.15) is 52.4 Å². The van der Waals surface area contributed by atoms with Gasteiger partial charge in [0, 0.05) is 6.04 Å². The van der Waals surface area contributed by atoms with Crippen molar-refractivity contribution >= 4 is 0 Å². The minimum Gasteiger partial charge on any atom is -0.327 e. The molecule has 0 unspecified atom stereocenters. The molecule has 0 heterocycles. The highest BCUT2D eigenvalue weighted by atomic mass is 14.6. The molecule has 1 fully saturated rings. The first kappa shape index (κ1) is 10.0. The zero-order chi connectivity index (χ0) is 8.97.